The molecule has 0 saturated carbocycles. The normalized spacial score (nSPS) is 15.0. The fourth-order valence-corrected chi connectivity index (χ4v) is 3.82. The van der Waals surface area contributed by atoms with Crippen molar-refractivity contribution < 1.29 is 4.74 Å². The van der Waals surface area contributed by atoms with Crippen LogP contribution in [0.1, 0.15) is 25.1 Å². The minimum absolute atomic E-state index is 0.541. The zero-order valence-corrected chi connectivity index (χ0v) is 17.7. The Balaban J connectivity index is 1.47. The Bertz CT molecular complexity index is 934. The Morgan fingerprint density at radius 1 is 1.03 bits per heavy atom. The lowest BCUT2D eigenvalue weighted by Crippen LogP contribution is -2.46. The molecule has 0 aliphatic carbocycles. The third kappa shape index (κ3) is 4.73. The van der Waals surface area contributed by atoms with Crippen molar-refractivity contribution in [2.75, 3.05) is 38.2 Å². The highest BCUT2D eigenvalue weighted by Gasteiger charge is 2.22. The van der Waals surface area contributed by atoms with Crippen molar-refractivity contribution in [3.05, 3.63) is 41.6 Å². The molecule has 1 aliphatic rings. The van der Waals surface area contributed by atoms with Gasteiger partial charge in [0, 0.05) is 50.0 Å². The molecular weight excluding hydrogens is 380 g/mol. The molecule has 30 heavy (non-hydrogen) atoms. The van der Waals surface area contributed by atoms with E-state index in [1.165, 1.54) is 11.3 Å². The van der Waals surface area contributed by atoms with Gasteiger partial charge in [-0.25, -0.2) is 0 Å². The van der Waals surface area contributed by atoms with E-state index < -0.39 is 0 Å². The van der Waals surface area contributed by atoms with Gasteiger partial charge in [0.25, 0.3) is 0 Å². The molecule has 4 rings (SSSR count). The summed E-state index contributed by atoms with van der Waals surface area (Å²) in [6, 6.07) is 10.4. The SMILES string of the molecule is COc1ccc(CN2CCN(c3cc(CC(C)C)ccc3-c3nn[nH]n3)CC2)nn1. The first kappa shape index (κ1) is 20.2. The molecule has 1 aliphatic heterocycles. The van der Waals surface area contributed by atoms with E-state index in [1.807, 2.05) is 12.1 Å². The van der Waals surface area contributed by atoms with E-state index in [9.17, 15) is 0 Å². The average Bonchev–Trinajstić information content (AvgIpc) is 3.29. The second-order valence-corrected chi connectivity index (χ2v) is 8.02. The molecule has 1 saturated heterocycles. The number of methoxy groups -OCH3 is 1. The number of nitrogens with zero attached hydrogens (tertiary/aromatic N) is 7. The molecule has 9 nitrogen and oxygen atoms in total. The van der Waals surface area contributed by atoms with Crippen molar-refractivity contribution in [2.45, 2.75) is 26.8 Å². The highest BCUT2D eigenvalue weighted by atomic mass is 16.5. The van der Waals surface area contributed by atoms with Crippen molar-refractivity contribution in [1.82, 2.24) is 35.7 Å². The molecule has 0 amide bonds. The van der Waals surface area contributed by atoms with Gasteiger partial charge in [0.1, 0.15) is 0 Å². The van der Waals surface area contributed by atoms with E-state index in [-0.39, 0.29) is 0 Å². The number of aromatic amines is 1. The first-order valence-corrected chi connectivity index (χ1v) is 10.3. The molecule has 0 bridgehead atoms. The molecule has 9 heteroatoms. The third-order valence-corrected chi connectivity index (χ3v) is 5.30. The van der Waals surface area contributed by atoms with Gasteiger partial charge in [-0.1, -0.05) is 19.9 Å². The number of hydrogen-bond acceptors (Lipinski definition) is 8. The summed E-state index contributed by atoms with van der Waals surface area (Å²) >= 11 is 0. The number of ether oxygens (including phenoxy) is 1. The van der Waals surface area contributed by atoms with Crippen LogP contribution in [0.3, 0.4) is 0 Å². The van der Waals surface area contributed by atoms with E-state index >= 15 is 0 Å². The van der Waals surface area contributed by atoms with Crippen LogP contribution < -0.4 is 9.64 Å². The number of nitrogens with one attached hydrogen (secondary N) is 1. The zero-order valence-electron chi connectivity index (χ0n) is 17.7. The lowest BCUT2D eigenvalue weighted by molar-refractivity contribution is 0.246. The minimum Gasteiger partial charge on any atom is -0.480 e. The largest absolute Gasteiger partial charge is 0.480 e. The highest BCUT2D eigenvalue weighted by molar-refractivity contribution is 5.75. The molecule has 0 unspecified atom stereocenters. The Hall–Kier alpha value is -3.07. The highest BCUT2D eigenvalue weighted by Crippen LogP contribution is 2.31. The molecule has 1 aromatic carbocycles. The van der Waals surface area contributed by atoms with Crippen LogP contribution in [0.4, 0.5) is 5.69 Å². The molecule has 1 N–H and O–H groups in total. The summed E-state index contributed by atoms with van der Waals surface area (Å²) in [5, 5.41) is 23.0. The van der Waals surface area contributed by atoms with Gasteiger partial charge in [0.05, 0.1) is 12.8 Å². The fourth-order valence-electron chi connectivity index (χ4n) is 3.82. The lowest BCUT2D eigenvalue weighted by Gasteiger charge is -2.36. The van der Waals surface area contributed by atoms with Crippen molar-refractivity contribution in [2.24, 2.45) is 5.92 Å². The van der Waals surface area contributed by atoms with Gasteiger partial charge in [0.2, 0.25) is 11.7 Å². The van der Waals surface area contributed by atoms with Crippen LogP contribution in [0.25, 0.3) is 11.4 Å². The summed E-state index contributed by atoms with van der Waals surface area (Å²) in [6.07, 6.45) is 1.05. The molecule has 1 fully saturated rings. The van der Waals surface area contributed by atoms with Crippen LogP contribution in [0.5, 0.6) is 5.88 Å². The number of benzene rings is 1. The fraction of sp³-hybridized carbons (Fsp3) is 0.476. The molecule has 0 atom stereocenters. The van der Waals surface area contributed by atoms with E-state index in [0.717, 1.165) is 50.4 Å². The predicted octanol–water partition coefficient (Wildman–Crippen LogP) is 2.19. The number of aromatic nitrogens is 6. The van der Waals surface area contributed by atoms with Gasteiger partial charge in [-0.3, -0.25) is 4.90 Å². The minimum atomic E-state index is 0.541. The average molecular weight is 409 g/mol. The third-order valence-electron chi connectivity index (χ3n) is 5.30. The molecular formula is C21H28N8O. The molecule has 0 spiro atoms. The Kier molecular flexibility index (Phi) is 6.18. The Morgan fingerprint density at radius 2 is 1.87 bits per heavy atom. The summed E-state index contributed by atoms with van der Waals surface area (Å²) in [5.74, 6) is 1.78. The number of rotatable bonds is 7. The maximum Gasteiger partial charge on any atom is 0.233 e. The number of tetrazole rings is 1. The Labute approximate surface area is 176 Å². The lowest BCUT2D eigenvalue weighted by atomic mass is 9.99. The summed E-state index contributed by atoms with van der Waals surface area (Å²) in [5.41, 5.74) is 4.49. The summed E-state index contributed by atoms with van der Waals surface area (Å²) in [4.78, 5) is 4.82. The van der Waals surface area contributed by atoms with Crippen LogP contribution >= 0.6 is 0 Å². The van der Waals surface area contributed by atoms with Crippen LogP contribution in [-0.2, 0) is 13.0 Å². The van der Waals surface area contributed by atoms with Gasteiger partial charge in [0.15, 0.2) is 0 Å². The van der Waals surface area contributed by atoms with E-state index in [1.54, 1.807) is 7.11 Å². The van der Waals surface area contributed by atoms with Crippen LogP contribution in [-0.4, -0.2) is 69.0 Å². The quantitative estimate of drug-likeness (QED) is 0.636. The van der Waals surface area contributed by atoms with Gasteiger partial charge >= 0.3 is 0 Å². The number of piperazine rings is 1. The maximum atomic E-state index is 5.09. The summed E-state index contributed by atoms with van der Waals surface area (Å²) in [7, 11) is 1.60. The first-order valence-electron chi connectivity index (χ1n) is 10.3. The maximum absolute atomic E-state index is 5.09. The molecule has 158 valence electrons. The van der Waals surface area contributed by atoms with Gasteiger partial charge < -0.3 is 9.64 Å². The number of anilines is 1. The van der Waals surface area contributed by atoms with Crippen molar-refractivity contribution >= 4 is 5.69 Å². The number of hydrogen-bond donors (Lipinski definition) is 1. The van der Waals surface area contributed by atoms with Crippen LogP contribution in [0.15, 0.2) is 30.3 Å². The molecule has 3 heterocycles. The van der Waals surface area contributed by atoms with Crippen molar-refractivity contribution in [1.29, 1.82) is 0 Å². The molecule has 3 aromatic rings. The van der Waals surface area contributed by atoms with Crippen molar-refractivity contribution in [3.8, 4) is 17.3 Å². The van der Waals surface area contributed by atoms with Crippen molar-refractivity contribution in [3.63, 3.8) is 0 Å². The Morgan fingerprint density at radius 3 is 2.50 bits per heavy atom. The van der Waals surface area contributed by atoms with Gasteiger partial charge in [-0.15, -0.1) is 15.3 Å². The number of H-pyrrole nitrogens is 1. The molecule has 2 aromatic heterocycles. The summed E-state index contributed by atoms with van der Waals surface area (Å²) in [6.45, 7) is 9.04. The first-order chi connectivity index (χ1) is 14.6. The monoisotopic (exact) mass is 408 g/mol. The van der Waals surface area contributed by atoms with Gasteiger partial charge in [-0.2, -0.15) is 10.3 Å². The second-order valence-electron chi connectivity index (χ2n) is 8.02. The van der Waals surface area contributed by atoms with E-state index in [0.29, 0.717) is 17.6 Å². The van der Waals surface area contributed by atoms with Gasteiger partial charge in [-0.05, 0) is 41.3 Å². The molecule has 0 radical (unpaired) electrons. The van der Waals surface area contributed by atoms with E-state index in [4.69, 9.17) is 4.74 Å². The predicted molar refractivity (Wildman–Crippen MR) is 114 cm³/mol. The van der Waals surface area contributed by atoms with Crippen LogP contribution in [0, 0.1) is 5.92 Å². The van der Waals surface area contributed by atoms with E-state index in [2.05, 4.69) is 72.7 Å². The zero-order chi connectivity index (χ0) is 20.9. The standard InChI is InChI=1S/C21H28N8O/c1-15(2)12-16-4-6-18(21-24-26-27-25-21)19(13-16)29-10-8-28(9-11-29)14-17-5-7-20(30-3)23-22-17/h4-7,13,15H,8-12,14H2,1-3H3,(H,24,25,26,27). The smallest absolute Gasteiger partial charge is 0.233 e. The summed E-state index contributed by atoms with van der Waals surface area (Å²) < 4.78 is 5.09. The topological polar surface area (TPSA) is 96.0 Å². The van der Waals surface area contributed by atoms with Crippen LogP contribution in [0.2, 0.25) is 0 Å². The second kappa shape index (κ2) is 9.17.